The molecule has 0 radical (unpaired) electrons. The van der Waals surface area contributed by atoms with Crippen molar-refractivity contribution in [2.45, 2.75) is 36.7 Å². The van der Waals surface area contributed by atoms with Gasteiger partial charge >= 0.3 is 5.97 Å². The fourth-order valence-electron chi connectivity index (χ4n) is 1.65. The van der Waals surface area contributed by atoms with Crippen molar-refractivity contribution in [3.63, 3.8) is 0 Å². The quantitative estimate of drug-likeness (QED) is 0.809. The van der Waals surface area contributed by atoms with Gasteiger partial charge in [0.25, 0.3) is 5.22 Å². The van der Waals surface area contributed by atoms with E-state index in [1.54, 1.807) is 0 Å². The van der Waals surface area contributed by atoms with Crippen LogP contribution < -0.4 is 0 Å². The third-order valence-corrected chi connectivity index (χ3v) is 3.71. The maximum Gasteiger partial charge on any atom is 0.317 e. The normalized spacial score (nSPS) is 12.7. The number of hydrogen-bond donors (Lipinski definition) is 1. The summed E-state index contributed by atoms with van der Waals surface area (Å²) in [6, 6.07) is 7.43. The Hall–Kier alpha value is -1.49. The van der Waals surface area contributed by atoms with E-state index in [-0.39, 0.29) is 0 Å². The molecule has 18 heavy (non-hydrogen) atoms. The number of oxazole rings is 1. The highest BCUT2D eigenvalue weighted by Crippen LogP contribution is 2.29. The largest absolute Gasteiger partial charge is 0.480 e. The molecule has 0 aliphatic heterocycles. The van der Waals surface area contributed by atoms with Gasteiger partial charge in [0, 0.05) is 0 Å². The van der Waals surface area contributed by atoms with Crippen molar-refractivity contribution in [1.29, 1.82) is 0 Å². The van der Waals surface area contributed by atoms with Crippen LogP contribution in [0.2, 0.25) is 0 Å². The number of thioether (sulfide) groups is 1. The minimum Gasteiger partial charge on any atom is -0.480 e. The lowest BCUT2D eigenvalue weighted by atomic mass is 10.2. The molecule has 0 bridgehead atoms. The molecule has 5 heteroatoms. The Morgan fingerprint density at radius 2 is 2.28 bits per heavy atom. The summed E-state index contributed by atoms with van der Waals surface area (Å²) < 4.78 is 5.52. The maximum atomic E-state index is 11.1. The Balaban J connectivity index is 2.12. The molecule has 0 amide bonds. The monoisotopic (exact) mass is 265 g/mol. The number of carboxylic acids is 1. The summed E-state index contributed by atoms with van der Waals surface area (Å²) in [7, 11) is 0. The number of nitrogens with zero attached hydrogens (tertiary/aromatic N) is 1. The van der Waals surface area contributed by atoms with Crippen LogP contribution in [0.25, 0.3) is 11.1 Å². The van der Waals surface area contributed by atoms with Crippen LogP contribution in [0.15, 0.2) is 33.9 Å². The van der Waals surface area contributed by atoms with Crippen molar-refractivity contribution >= 4 is 28.8 Å². The van der Waals surface area contributed by atoms with E-state index in [4.69, 9.17) is 9.52 Å². The molecular formula is C13H15NO3S. The van der Waals surface area contributed by atoms with Gasteiger partial charge in [0.15, 0.2) is 5.58 Å². The maximum absolute atomic E-state index is 11.1. The highest BCUT2D eigenvalue weighted by Gasteiger charge is 2.21. The average molecular weight is 265 g/mol. The van der Waals surface area contributed by atoms with Gasteiger partial charge in [-0.2, -0.15) is 0 Å². The van der Waals surface area contributed by atoms with Crippen molar-refractivity contribution in [2.24, 2.45) is 0 Å². The van der Waals surface area contributed by atoms with E-state index in [0.29, 0.717) is 17.2 Å². The summed E-state index contributed by atoms with van der Waals surface area (Å²) in [6.07, 6.45) is 2.51. The molecule has 0 saturated carbocycles. The molecule has 0 aliphatic rings. The molecule has 1 N–H and O–H groups in total. The van der Waals surface area contributed by atoms with E-state index < -0.39 is 11.2 Å². The molecule has 1 heterocycles. The Morgan fingerprint density at radius 1 is 1.50 bits per heavy atom. The van der Waals surface area contributed by atoms with E-state index in [1.807, 2.05) is 31.2 Å². The van der Waals surface area contributed by atoms with Gasteiger partial charge in [0.05, 0.1) is 0 Å². The van der Waals surface area contributed by atoms with Crippen molar-refractivity contribution in [3.8, 4) is 0 Å². The first-order valence-electron chi connectivity index (χ1n) is 5.95. The van der Waals surface area contributed by atoms with Crippen molar-refractivity contribution < 1.29 is 14.3 Å². The van der Waals surface area contributed by atoms with Gasteiger partial charge in [0.2, 0.25) is 0 Å². The predicted octanol–water partition coefficient (Wildman–Crippen LogP) is 3.56. The molecule has 2 rings (SSSR count). The summed E-state index contributed by atoms with van der Waals surface area (Å²) in [6.45, 7) is 2.04. The Kier molecular flexibility index (Phi) is 4.25. The fourth-order valence-corrected chi connectivity index (χ4v) is 2.56. The number of carboxylic acid groups (broad SMARTS) is 1. The zero-order chi connectivity index (χ0) is 13.0. The number of para-hydroxylation sites is 2. The third kappa shape index (κ3) is 3.04. The van der Waals surface area contributed by atoms with Gasteiger partial charge < -0.3 is 9.52 Å². The molecule has 1 unspecified atom stereocenters. The van der Waals surface area contributed by atoms with E-state index in [1.165, 1.54) is 11.8 Å². The van der Waals surface area contributed by atoms with Crippen LogP contribution in [0, 0.1) is 0 Å². The number of unbranched alkanes of at least 4 members (excludes halogenated alkanes) is 1. The van der Waals surface area contributed by atoms with Crippen LogP contribution in [0.5, 0.6) is 0 Å². The first-order chi connectivity index (χ1) is 8.70. The molecular weight excluding hydrogens is 250 g/mol. The Bertz CT molecular complexity index is 505. The van der Waals surface area contributed by atoms with E-state index in [2.05, 4.69) is 4.98 Å². The second-order valence-electron chi connectivity index (χ2n) is 4.03. The molecule has 0 fully saturated rings. The van der Waals surface area contributed by atoms with Crippen LogP contribution >= 0.6 is 11.8 Å². The average Bonchev–Trinajstić information content (AvgIpc) is 2.76. The van der Waals surface area contributed by atoms with E-state index in [9.17, 15) is 4.79 Å². The lowest BCUT2D eigenvalue weighted by Crippen LogP contribution is -2.15. The molecule has 0 spiro atoms. The van der Waals surface area contributed by atoms with Gasteiger partial charge in [-0.05, 0) is 18.6 Å². The number of carbonyl (C=O) groups is 1. The van der Waals surface area contributed by atoms with Crippen LogP contribution in [-0.4, -0.2) is 21.3 Å². The first kappa shape index (κ1) is 13.0. The Morgan fingerprint density at radius 3 is 2.94 bits per heavy atom. The fraction of sp³-hybridized carbons (Fsp3) is 0.385. The lowest BCUT2D eigenvalue weighted by molar-refractivity contribution is -0.136. The standard InChI is InChI=1S/C13H15NO3S/c1-2-3-8-11(12(15)16)18-13-14-9-6-4-5-7-10(9)17-13/h4-7,11H,2-3,8H2,1H3,(H,15,16). The van der Waals surface area contributed by atoms with E-state index >= 15 is 0 Å². The molecule has 1 aromatic heterocycles. The number of aromatic nitrogens is 1. The summed E-state index contributed by atoms with van der Waals surface area (Å²) in [5, 5.41) is 9.09. The predicted molar refractivity (Wildman–Crippen MR) is 70.8 cm³/mol. The molecule has 96 valence electrons. The summed E-state index contributed by atoms with van der Waals surface area (Å²) in [5.74, 6) is -0.810. The van der Waals surface area contributed by atoms with Gasteiger partial charge in [-0.25, -0.2) is 4.98 Å². The summed E-state index contributed by atoms with van der Waals surface area (Å²) in [4.78, 5) is 15.4. The van der Waals surface area contributed by atoms with Crippen molar-refractivity contribution in [1.82, 2.24) is 4.98 Å². The number of fused-ring (bicyclic) bond motifs is 1. The van der Waals surface area contributed by atoms with Crippen molar-refractivity contribution in [2.75, 3.05) is 0 Å². The third-order valence-electron chi connectivity index (χ3n) is 2.61. The highest BCUT2D eigenvalue weighted by molar-refractivity contribution is 8.00. The van der Waals surface area contributed by atoms with Crippen LogP contribution in [0.1, 0.15) is 26.2 Å². The highest BCUT2D eigenvalue weighted by atomic mass is 32.2. The van der Waals surface area contributed by atoms with Crippen LogP contribution in [0.4, 0.5) is 0 Å². The van der Waals surface area contributed by atoms with Gasteiger partial charge in [-0.15, -0.1) is 0 Å². The molecule has 1 atom stereocenters. The number of hydrogen-bond acceptors (Lipinski definition) is 4. The van der Waals surface area contributed by atoms with Crippen LogP contribution in [0.3, 0.4) is 0 Å². The zero-order valence-electron chi connectivity index (χ0n) is 10.1. The molecule has 2 aromatic rings. The van der Waals surface area contributed by atoms with Crippen LogP contribution in [-0.2, 0) is 4.79 Å². The minimum absolute atomic E-state index is 0.430. The zero-order valence-corrected chi connectivity index (χ0v) is 10.9. The van der Waals surface area contributed by atoms with E-state index in [0.717, 1.165) is 18.4 Å². The first-order valence-corrected chi connectivity index (χ1v) is 6.83. The topological polar surface area (TPSA) is 63.3 Å². The minimum atomic E-state index is -0.810. The number of benzene rings is 1. The summed E-state index contributed by atoms with van der Waals surface area (Å²) >= 11 is 1.19. The van der Waals surface area contributed by atoms with Gasteiger partial charge in [0.1, 0.15) is 10.8 Å². The second kappa shape index (κ2) is 5.91. The molecule has 4 nitrogen and oxygen atoms in total. The number of rotatable bonds is 6. The lowest BCUT2D eigenvalue weighted by Gasteiger charge is -2.07. The van der Waals surface area contributed by atoms with Gasteiger partial charge in [-0.1, -0.05) is 43.7 Å². The SMILES string of the molecule is CCCCC(Sc1nc2ccccc2o1)C(=O)O. The number of aliphatic carboxylic acids is 1. The molecule has 0 aliphatic carbocycles. The second-order valence-corrected chi connectivity index (χ2v) is 5.19. The van der Waals surface area contributed by atoms with Crippen molar-refractivity contribution in [3.05, 3.63) is 24.3 Å². The smallest absolute Gasteiger partial charge is 0.317 e. The Labute approximate surface area is 109 Å². The van der Waals surface area contributed by atoms with Gasteiger partial charge in [-0.3, -0.25) is 4.79 Å². The summed E-state index contributed by atoms with van der Waals surface area (Å²) in [5.41, 5.74) is 1.46. The molecule has 1 aromatic carbocycles. The molecule has 0 saturated heterocycles.